The molecule has 1 fully saturated rings. The van der Waals surface area contributed by atoms with Crippen LogP contribution in [-0.4, -0.2) is 60.0 Å². The van der Waals surface area contributed by atoms with Gasteiger partial charge in [0.25, 0.3) is 5.91 Å². The van der Waals surface area contributed by atoms with E-state index in [0.29, 0.717) is 39.1 Å². The summed E-state index contributed by atoms with van der Waals surface area (Å²) >= 11 is 0. The molecule has 2 aromatic rings. The number of urea groups is 1. The van der Waals surface area contributed by atoms with E-state index in [9.17, 15) is 14.4 Å². The third-order valence-corrected chi connectivity index (χ3v) is 5.65. The molecule has 1 atom stereocenters. The molecule has 34 heavy (non-hydrogen) atoms. The van der Waals surface area contributed by atoms with Crippen molar-refractivity contribution < 1.29 is 19.1 Å². The van der Waals surface area contributed by atoms with Crippen molar-refractivity contribution in [1.29, 1.82) is 0 Å². The van der Waals surface area contributed by atoms with E-state index in [0.717, 1.165) is 28.5 Å². The molecule has 1 aliphatic heterocycles. The van der Waals surface area contributed by atoms with E-state index >= 15 is 0 Å². The summed E-state index contributed by atoms with van der Waals surface area (Å²) in [5.41, 5.74) is 14.0. The molecule has 1 aliphatic rings. The highest BCUT2D eigenvalue weighted by atomic mass is 16.5. The van der Waals surface area contributed by atoms with E-state index in [-0.39, 0.29) is 12.1 Å². The summed E-state index contributed by atoms with van der Waals surface area (Å²) in [7, 11) is 0. The van der Waals surface area contributed by atoms with Gasteiger partial charge >= 0.3 is 6.03 Å². The number of nitrogens with two attached hydrogens (primary N) is 2. The first-order valence-electron chi connectivity index (χ1n) is 11.5. The van der Waals surface area contributed by atoms with Gasteiger partial charge in [0.15, 0.2) is 0 Å². The Balaban J connectivity index is 1.83. The van der Waals surface area contributed by atoms with Gasteiger partial charge < -0.3 is 21.1 Å². The Morgan fingerprint density at radius 3 is 2.15 bits per heavy atom. The Kier molecular flexibility index (Phi) is 9.37. The molecule has 4 N–H and O–H groups in total. The summed E-state index contributed by atoms with van der Waals surface area (Å²) in [6.07, 6.45) is 3.09. The Hall–Kier alpha value is -3.49. The summed E-state index contributed by atoms with van der Waals surface area (Å²) < 4.78 is 5.34. The van der Waals surface area contributed by atoms with Crippen molar-refractivity contribution in [3.8, 4) is 0 Å². The normalized spacial score (nSPS) is 15.0. The van der Waals surface area contributed by atoms with Gasteiger partial charge in [-0.15, -0.1) is 0 Å². The molecule has 0 aromatic heterocycles. The van der Waals surface area contributed by atoms with Crippen molar-refractivity contribution in [2.45, 2.75) is 31.7 Å². The Bertz CT molecular complexity index is 988. The summed E-state index contributed by atoms with van der Waals surface area (Å²) in [5.74, 6) is -1.29. The van der Waals surface area contributed by atoms with E-state index in [1.165, 1.54) is 0 Å². The molecule has 3 rings (SSSR count). The third kappa shape index (κ3) is 7.26. The average Bonchev–Trinajstić information content (AvgIpc) is 2.85. The van der Waals surface area contributed by atoms with Gasteiger partial charge in [-0.1, -0.05) is 60.7 Å². The van der Waals surface area contributed by atoms with Crippen LogP contribution in [0.3, 0.4) is 0 Å². The van der Waals surface area contributed by atoms with Crippen molar-refractivity contribution in [2.75, 3.05) is 26.3 Å². The van der Waals surface area contributed by atoms with E-state index in [1.54, 1.807) is 4.90 Å². The summed E-state index contributed by atoms with van der Waals surface area (Å²) in [6, 6.07) is 17.8. The first-order valence-corrected chi connectivity index (χ1v) is 11.5. The number of morpholine rings is 1. The number of rotatable bonds is 9. The van der Waals surface area contributed by atoms with Crippen LogP contribution < -0.4 is 11.5 Å². The lowest BCUT2D eigenvalue weighted by Gasteiger charge is -2.34. The molecule has 0 saturated carbocycles. The van der Waals surface area contributed by atoms with Gasteiger partial charge in [-0.25, -0.2) is 9.69 Å². The van der Waals surface area contributed by atoms with E-state index in [2.05, 4.69) is 0 Å². The van der Waals surface area contributed by atoms with Gasteiger partial charge in [0, 0.05) is 24.9 Å². The number of benzene rings is 2. The standard InChI is InChI=1S/C26H32N4O4/c27-23(18-21-10-5-2-6-11-21)25(32)30(26(33)29-14-16-34-17-15-29)22(19-24(28)31)13-7-12-20-8-3-1-4-9-20/h1-6,8-11,19,23H,7,12-18,27H2,(H2,28,31)/b22-19+/t23-/m0/s1. The second-order valence-electron chi connectivity index (χ2n) is 8.23. The zero-order valence-electron chi connectivity index (χ0n) is 19.3. The average molecular weight is 465 g/mol. The van der Waals surface area contributed by atoms with Crippen molar-refractivity contribution in [3.63, 3.8) is 0 Å². The van der Waals surface area contributed by atoms with Crippen LogP contribution in [0, 0.1) is 0 Å². The second-order valence-corrected chi connectivity index (χ2v) is 8.23. The maximum atomic E-state index is 13.5. The van der Waals surface area contributed by atoms with Gasteiger partial charge in [-0.3, -0.25) is 9.59 Å². The zero-order chi connectivity index (χ0) is 24.3. The first kappa shape index (κ1) is 25.1. The highest BCUT2D eigenvalue weighted by molar-refractivity contribution is 6.00. The van der Waals surface area contributed by atoms with Crippen LogP contribution in [0.25, 0.3) is 0 Å². The number of allylic oxidation sites excluding steroid dienone is 1. The fourth-order valence-electron chi connectivity index (χ4n) is 3.91. The minimum Gasteiger partial charge on any atom is -0.378 e. The lowest BCUT2D eigenvalue weighted by atomic mass is 10.0. The highest BCUT2D eigenvalue weighted by Crippen LogP contribution is 2.20. The summed E-state index contributed by atoms with van der Waals surface area (Å²) in [4.78, 5) is 41.5. The third-order valence-electron chi connectivity index (χ3n) is 5.65. The number of carbonyl (C=O) groups is 3. The van der Waals surface area contributed by atoms with Crippen LogP contribution in [0.1, 0.15) is 24.0 Å². The smallest absolute Gasteiger partial charge is 0.331 e. The molecule has 0 aliphatic carbocycles. The fourth-order valence-corrected chi connectivity index (χ4v) is 3.91. The summed E-state index contributed by atoms with van der Waals surface area (Å²) in [6.45, 7) is 1.47. The molecular weight excluding hydrogens is 432 g/mol. The number of imide groups is 1. The lowest BCUT2D eigenvalue weighted by Crippen LogP contribution is -2.54. The molecule has 8 nitrogen and oxygen atoms in total. The number of amides is 4. The van der Waals surface area contributed by atoms with Crippen molar-refractivity contribution >= 4 is 17.8 Å². The molecule has 0 radical (unpaired) electrons. The fraction of sp³-hybridized carbons (Fsp3) is 0.346. The minimum atomic E-state index is -0.960. The van der Waals surface area contributed by atoms with Crippen LogP contribution in [-0.2, 0) is 27.2 Å². The first-order chi connectivity index (χ1) is 16.5. The molecule has 0 bridgehead atoms. The zero-order valence-corrected chi connectivity index (χ0v) is 19.3. The van der Waals surface area contributed by atoms with E-state index < -0.39 is 23.9 Å². The number of primary amides is 1. The molecule has 1 heterocycles. The van der Waals surface area contributed by atoms with Gasteiger partial charge in [-0.2, -0.15) is 0 Å². The second kappa shape index (κ2) is 12.7. The van der Waals surface area contributed by atoms with E-state index in [1.807, 2.05) is 60.7 Å². The highest BCUT2D eigenvalue weighted by Gasteiger charge is 2.33. The van der Waals surface area contributed by atoms with Crippen molar-refractivity contribution in [1.82, 2.24) is 9.80 Å². The maximum Gasteiger partial charge on any atom is 0.331 e. The molecule has 8 heteroatoms. The predicted octanol–water partition coefficient (Wildman–Crippen LogP) is 2.23. The predicted molar refractivity (Wildman–Crippen MR) is 129 cm³/mol. The van der Waals surface area contributed by atoms with Crippen LogP contribution in [0.15, 0.2) is 72.4 Å². The molecule has 0 spiro atoms. The lowest BCUT2D eigenvalue weighted by molar-refractivity contribution is -0.128. The van der Waals surface area contributed by atoms with Crippen molar-refractivity contribution in [2.24, 2.45) is 11.5 Å². The maximum absolute atomic E-state index is 13.5. The van der Waals surface area contributed by atoms with Crippen LogP contribution in [0.4, 0.5) is 4.79 Å². The minimum absolute atomic E-state index is 0.258. The monoisotopic (exact) mass is 464 g/mol. The van der Waals surface area contributed by atoms with Crippen LogP contribution in [0.2, 0.25) is 0 Å². The van der Waals surface area contributed by atoms with Crippen LogP contribution >= 0.6 is 0 Å². The topological polar surface area (TPSA) is 119 Å². The number of carbonyl (C=O) groups excluding carboxylic acids is 3. The molecule has 4 amide bonds. The molecular formula is C26H32N4O4. The van der Waals surface area contributed by atoms with Gasteiger partial charge in [0.05, 0.1) is 19.3 Å². The number of nitrogens with zero attached hydrogens (tertiary/aromatic N) is 2. The Morgan fingerprint density at radius 1 is 0.971 bits per heavy atom. The summed E-state index contributed by atoms with van der Waals surface area (Å²) in [5, 5.41) is 0. The van der Waals surface area contributed by atoms with E-state index in [4.69, 9.17) is 16.2 Å². The molecule has 0 unspecified atom stereocenters. The van der Waals surface area contributed by atoms with Gasteiger partial charge in [-0.05, 0) is 36.8 Å². The number of ether oxygens (including phenoxy) is 1. The molecule has 2 aromatic carbocycles. The number of aryl methyl sites for hydroxylation is 1. The van der Waals surface area contributed by atoms with Gasteiger partial charge in [0.1, 0.15) is 0 Å². The Morgan fingerprint density at radius 2 is 1.56 bits per heavy atom. The largest absolute Gasteiger partial charge is 0.378 e. The number of hydrogen-bond donors (Lipinski definition) is 2. The molecule has 1 saturated heterocycles. The molecule has 180 valence electrons. The SMILES string of the molecule is NC(=O)/C=C(\CCCc1ccccc1)N(C(=O)[C@@H](N)Cc1ccccc1)C(=O)N1CCOCC1. The Labute approximate surface area is 200 Å². The van der Waals surface area contributed by atoms with Crippen LogP contribution in [0.5, 0.6) is 0 Å². The van der Waals surface area contributed by atoms with Crippen molar-refractivity contribution in [3.05, 3.63) is 83.6 Å². The number of hydrogen-bond acceptors (Lipinski definition) is 5. The van der Waals surface area contributed by atoms with Gasteiger partial charge in [0.2, 0.25) is 5.91 Å². The quantitative estimate of drug-likeness (QED) is 0.552.